The number of amidine groups is 1. The lowest BCUT2D eigenvalue weighted by Gasteiger charge is -2.14. The topological polar surface area (TPSA) is 61.8 Å². The number of rotatable bonds is 8. The number of amides is 2. The second-order valence-corrected chi connectivity index (χ2v) is 7.38. The van der Waals surface area contributed by atoms with Crippen molar-refractivity contribution in [1.82, 2.24) is 4.90 Å². The fourth-order valence-electron chi connectivity index (χ4n) is 2.30. The summed E-state index contributed by atoms with van der Waals surface area (Å²) in [6.45, 7) is 5.51. The lowest BCUT2D eigenvalue weighted by atomic mass is 10.3. The van der Waals surface area contributed by atoms with E-state index < -0.39 is 0 Å². The molecule has 1 aliphatic heterocycles. The number of carbonyl (C=O) groups is 2. The lowest BCUT2D eigenvalue weighted by molar-refractivity contribution is -0.122. The second-order valence-electron chi connectivity index (χ2n) is 5.93. The van der Waals surface area contributed by atoms with Crippen LogP contribution in [0.3, 0.4) is 0 Å². The predicted octanol–water partition coefficient (Wildman–Crippen LogP) is 4.69. The molecular weight excluding hydrogens is 370 g/mol. The van der Waals surface area contributed by atoms with Crippen LogP contribution in [-0.2, 0) is 9.59 Å². The van der Waals surface area contributed by atoms with Crippen LogP contribution in [0.15, 0.2) is 40.2 Å². The zero-order valence-corrected chi connectivity index (χ0v) is 16.7. The van der Waals surface area contributed by atoms with E-state index in [4.69, 9.17) is 11.6 Å². The van der Waals surface area contributed by atoms with E-state index >= 15 is 0 Å². The molecule has 0 aliphatic carbocycles. The molecule has 5 nitrogen and oxygen atoms in total. The summed E-state index contributed by atoms with van der Waals surface area (Å²) in [4.78, 5) is 31.5. The van der Waals surface area contributed by atoms with E-state index in [1.807, 2.05) is 0 Å². The summed E-state index contributed by atoms with van der Waals surface area (Å²) in [5.74, 6) is -0.488. The van der Waals surface area contributed by atoms with Gasteiger partial charge < -0.3 is 5.32 Å². The molecule has 0 bridgehead atoms. The first-order valence-electron chi connectivity index (χ1n) is 8.87. The van der Waals surface area contributed by atoms with E-state index in [2.05, 4.69) is 24.2 Å². The van der Waals surface area contributed by atoms with E-state index in [-0.39, 0.29) is 11.8 Å². The molecule has 1 saturated heterocycles. The number of carbonyl (C=O) groups excluding carboxylic acids is 2. The number of anilines is 1. The summed E-state index contributed by atoms with van der Waals surface area (Å²) in [5.41, 5.74) is 0.631. The minimum atomic E-state index is -0.339. The maximum atomic E-state index is 12.6. The fourth-order valence-corrected chi connectivity index (χ4v) is 3.43. The first-order valence-corrected chi connectivity index (χ1v) is 10.1. The summed E-state index contributed by atoms with van der Waals surface area (Å²) in [6.07, 6.45) is 5.28. The van der Waals surface area contributed by atoms with Gasteiger partial charge in [-0.1, -0.05) is 38.3 Å². The Labute approximate surface area is 163 Å². The summed E-state index contributed by atoms with van der Waals surface area (Å²) < 4.78 is 0. The first-order chi connectivity index (χ1) is 12.5. The predicted molar refractivity (Wildman–Crippen MR) is 110 cm³/mol. The Bertz CT molecular complexity index is 701. The van der Waals surface area contributed by atoms with E-state index in [1.54, 1.807) is 29.2 Å². The Hall–Kier alpha value is -1.79. The van der Waals surface area contributed by atoms with Gasteiger partial charge in [0.2, 0.25) is 5.91 Å². The molecule has 1 aliphatic rings. The lowest BCUT2D eigenvalue weighted by Crippen LogP contribution is -2.30. The van der Waals surface area contributed by atoms with Gasteiger partial charge in [-0.05, 0) is 48.9 Å². The monoisotopic (exact) mass is 393 g/mol. The van der Waals surface area contributed by atoms with E-state index in [9.17, 15) is 9.59 Å². The number of nitrogens with zero attached hydrogens (tertiary/aromatic N) is 2. The average molecular weight is 394 g/mol. The molecule has 2 amide bonds. The van der Waals surface area contributed by atoms with Crippen molar-refractivity contribution in [2.24, 2.45) is 4.99 Å². The molecule has 0 unspecified atom stereocenters. The van der Waals surface area contributed by atoms with Gasteiger partial charge in [0.15, 0.2) is 5.17 Å². The molecule has 2 rings (SSSR count). The number of nitrogens with one attached hydrogen (secondary N) is 1. The van der Waals surface area contributed by atoms with Gasteiger partial charge in [-0.3, -0.25) is 19.5 Å². The standard InChI is InChI=1S/C19H24ClN3O2S/c1-3-5-11-21-19-23(12-6-4-2)18(25)16(26-19)13-17(24)22-15-9-7-14(20)8-10-15/h7-10,13H,3-6,11-12H2,1-2H3,(H,22,24)/b16-13+,21-19?. The molecule has 1 fully saturated rings. The maximum absolute atomic E-state index is 12.6. The zero-order chi connectivity index (χ0) is 18.9. The van der Waals surface area contributed by atoms with Crippen molar-refractivity contribution in [3.63, 3.8) is 0 Å². The maximum Gasteiger partial charge on any atom is 0.266 e. The number of hydrogen-bond donors (Lipinski definition) is 1. The van der Waals surface area contributed by atoms with Gasteiger partial charge >= 0.3 is 0 Å². The van der Waals surface area contributed by atoms with Gasteiger partial charge in [-0.15, -0.1) is 0 Å². The number of unbranched alkanes of at least 4 members (excludes halogenated alkanes) is 2. The van der Waals surface area contributed by atoms with Crippen molar-refractivity contribution in [2.45, 2.75) is 39.5 Å². The summed E-state index contributed by atoms with van der Waals surface area (Å²) >= 11 is 7.11. The molecule has 26 heavy (non-hydrogen) atoms. The molecule has 1 N–H and O–H groups in total. The third-order valence-corrected chi connectivity index (χ3v) is 5.05. The Morgan fingerprint density at radius 1 is 1.23 bits per heavy atom. The fraction of sp³-hybridized carbons (Fsp3) is 0.421. The van der Waals surface area contributed by atoms with E-state index in [0.29, 0.717) is 33.9 Å². The molecule has 0 spiro atoms. The number of benzene rings is 1. The second kappa shape index (κ2) is 10.4. The molecule has 1 aromatic carbocycles. The number of hydrogen-bond acceptors (Lipinski definition) is 4. The minimum absolute atomic E-state index is 0.148. The normalized spacial score (nSPS) is 17.3. The van der Waals surface area contributed by atoms with Crippen LogP contribution in [0.5, 0.6) is 0 Å². The van der Waals surface area contributed by atoms with Crippen LogP contribution < -0.4 is 5.32 Å². The SMILES string of the molecule is CCCCN=C1S/C(=C/C(=O)Nc2ccc(Cl)cc2)C(=O)N1CCCC. The quantitative estimate of drug-likeness (QED) is 0.514. The van der Waals surface area contributed by atoms with E-state index in [1.165, 1.54) is 17.8 Å². The highest BCUT2D eigenvalue weighted by Crippen LogP contribution is 2.31. The third-order valence-electron chi connectivity index (χ3n) is 3.76. The Morgan fingerprint density at radius 2 is 1.92 bits per heavy atom. The summed E-state index contributed by atoms with van der Waals surface area (Å²) in [6, 6.07) is 6.83. The molecule has 0 saturated carbocycles. The first kappa shape index (κ1) is 20.5. The smallest absolute Gasteiger partial charge is 0.266 e. The van der Waals surface area contributed by atoms with Crippen molar-refractivity contribution in [3.05, 3.63) is 40.3 Å². The highest BCUT2D eigenvalue weighted by Gasteiger charge is 2.33. The van der Waals surface area contributed by atoms with E-state index in [0.717, 1.165) is 25.7 Å². The summed E-state index contributed by atoms with van der Waals surface area (Å²) in [7, 11) is 0. The number of aliphatic imine (C=N–C) groups is 1. The highest BCUT2D eigenvalue weighted by atomic mass is 35.5. The minimum Gasteiger partial charge on any atom is -0.322 e. The van der Waals surface area contributed by atoms with Crippen molar-refractivity contribution in [3.8, 4) is 0 Å². The number of thioether (sulfide) groups is 1. The Balaban J connectivity index is 2.10. The van der Waals surface area contributed by atoms with Gasteiger partial charge in [0.1, 0.15) is 0 Å². The van der Waals surface area contributed by atoms with Crippen molar-refractivity contribution < 1.29 is 9.59 Å². The van der Waals surface area contributed by atoms with Crippen LogP contribution in [-0.4, -0.2) is 35.0 Å². The molecular formula is C19H24ClN3O2S. The molecule has 0 radical (unpaired) electrons. The average Bonchev–Trinajstić information content (AvgIpc) is 2.90. The van der Waals surface area contributed by atoms with Gasteiger partial charge in [0.25, 0.3) is 5.91 Å². The molecule has 7 heteroatoms. The molecule has 0 atom stereocenters. The highest BCUT2D eigenvalue weighted by molar-refractivity contribution is 8.18. The Kier molecular flexibility index (Phi) is 8.19. The Morgan fingerprint density at radius 3 is 2.58 bits per heavy atom. The van der Waals surface area contributed by atoms with Crippen molar-refractivity contribution >= 4 is 46.0 Å². The molecule has 140 valence electrons. The van der Waals surface area contributed by atoms with Crippen LogP contribution in [0, 0.1) is 0 Å². The molecule has 0 aromatic heterocycles. The van der Waals surface area contributed by atoms with Crippen molar-refractivity contribution in [1.29, 1.82) is 0 Å². The van der Waals surface area contributed by atoms with Crippen LogP contribution >= 0.6 is 23.4 Å². The van der Waals surface area contributed by atoms with Gasteiger partial charge in [0, 0.05) is 29.9 Å². The third kappa shape index (κ3) is 5.88. The van der Waals surface area contributed by atoms with Gasteiger partial charge in [0.05, 0.1) is 4.91 Å². The van der Waals surface area contributed by atoms with Gasteiger partial charge in [-0.2, -0.15) is 0 Å². The largest absolute Gasteiger partial charge is 0.322 e. The molecule has 1 heterocycles. The van der Waals surface area contributed by atoms with Crippen LogP contribution in [0.4, 0.5) is 5.69 Å². The van der Waals surface area contributed by atoms with Crippen LogP contribution in [0.2, 0.25) is 5.02 Å². The van der Waals surface area contributed by atoms with Crippen molar-refractivity contribution in [2.75, 3.05) is 18.4 Å². The number of halogens is 1. The van der Waals surface area contributed by atoms with Crippen LogP contribution in [0.1, 0.15) is 39.5 Å². The van der Waals surface area contributed by atoms with Crippen LogP contribution in [0.25, 0.3) is 0 Å². The summed E-state index contributed by atoms with van der Waals surface area (Å²) in [5, 5.41) is 4.04. The zero-order valence-electron chi connectivity index (χ0n) is 15.1. The molecule has 1 aromatic rings. The van der Waals surface area contributed by atoms with Gasteiger partial charge in [-0.25, -0.2) is 0 Å².